The largest absolute Gasteiger partial charge is 0.507 e. The second-order valence-corrected chi connectivity index (χ2v) is 14.9. The van der Waals surface area contributed by atoms with Crippen molar-refractivity contribution in [3.8, 4) is 5.75 Å². The van der Waals surface area contributed by atoms with Gasteiger partial charge in [-0.2, -0.15) is 0 Å². The molecule has 0 radical (unpaired) electrons. The highest BCUT2D eigenvalue weighted by atomic mass is 32.2. The molecule has 0 aromatic heterocycles. The third-order valence-corrected chi connectivity index (χ3v) is 8.59. The number of benzene rings is 4. The number of anilines is 3. The predicted molar refractivity (Wildman–Crippen MR) is 194 cm³/mol. The van der Waals surface area contributed by atoms with E-state index < -0.39 is 0 Å². The maximum absolute atomic E-state index is 13.9. The van der Waals surface area contributed by atoms with E-state index in [9.17, 15) is 14.7 Å². The molecule has 2 N–H and O–H groups in total. The molecule has 0 spiro atoms. The molecular weight excluding hydrogens is 589 g/mol. The van der Waals surface area contributed by atoms with Gasteiger partial charge < -0.3 is 10.4 Å². The maximum atomic E-state index is 13.9. The molecule has 0 saturated heterocycles. The van der Waals surface area contributed by atoms with E-state index in [1.807, 2.05) is 139 Å². The zero-order chi connectivity index (χ0) is 33.6. The number of phenolic OH excluding ortho intramolecular Hbond substituents is 1. The molecular formula is C40H46N2O3S. The average molecular weight is 635 g/mol. The van der Waals surface area contributed by atoms with Crippen molar-refractivity contribution < 1.29 is 14.7 Å². The molecule has 1 atom stereocenters. The molecule has 0 aliphatic heterocycles. The van der Waals surface area contributed by atoms with Crippen molar-refractivity contribution in [2.45, 2.75) is 83.6 Å². The number of hydrogen-bond donors (Lipinski definition) is 2. The lowest BCUT2D eigenvalue weighted by molar-refractivity contribution is -0.122. The number of aryl methyl sites for hydroxylation is 1. The Morgan fingerprint density at radius 2 is 1.39 bits per heavy atom. The van der Waals surface area contributed by atoms with Crippen LogP contribution < -0.4 is 10.2 Å². The van der Waals surface area contributed by atoms with Crippen molar-refractivity contribution in [1.82, 2.24) is 0 Å². The summed E-state index contributed by atoms with van der Waals surface area (Å²) < 4.78 is 0. The van der Waals surface area contributed by atoms with Crippen molar-refractivity contribution in [3.63, 3.8) is 0 Å². The molecule has 0 saturated carbocycles. The van der Waals surface area contributed by atoms with Crippen LogP contribution in [0.25, 0.3) is 6.08 Å². The minimum atomic E-state index is -0.323. The van der Waals surface area contributed by atoms with Gasteiger partial charge in [-0.25, -0.2) is 0 Å². The smallest absolute Gasteiger partial charge is 0.239 e. The second kappa shape index (κ2) is 14.4. The van der Waals surface area contributed by atoms with Crippen LogP contribution in [0.4, 0.5) is 17.1 Å². The third-order valence-electron chi connectivity index (χ3n) is 7.74. The number of phenols is 1. The summed E-state index contributed by atoms with van der Waals surface area (Å²) in [6.07, 6.45) is 3.88. The van der Waals surface area contributed by atoms with Gasteiger partial charge in [0.15, 0.2) is 0 Å². The van der Waals surface area contributed by atoms with E-state index in [0.29, 0.717) is 11.4 Å². The zero-order valence-corrected chi connectivity index (χ0v) is 29.0. The Morgan fingerprint density at radius 1 is 0.826 bits per heavy atom. The van der Waals surface area contributed by atoms with Crippen molar-refractivity contribution in [2.24, 2.45) is 0 Å². The normalized spacial score (nSPS) is 12.6. The first-order valence-electron chi connectivity index (χ1n) is 15.7. The first-order valence-corrected chi connectivity index (χ1v) is 16.5. The number of rotatable bonds is 9. The number of para-hydroxylation sites is 2. The van der Waals surface area contributed by atoms with Gasteiger partial charge in [0.1, 0.15) is 5.75 Å². The van der Waals surface area contributed by atoms with Crippen molar-refractivity contribution in [3.05, 3.63) is 119 Å². The van der Waals surface area contributed by atoms with Gasteiger partial charge in [-0.05, 0) is 84.3 Å². The molecule has 5 nitrogen and oxygen atoms in total. The summed E-state index contributed by atoms with van der Waals surface area (Å²) in [6, 6.07) is 29.3. The molecule has 4 aromatic rings. The monoisotopic (exact) mass is 634 g/mol. The fourth-order valence-electron chi connectivity index (χ4n) is 5.23. The quantitative estimate of drug-likeness (QED) is 0.142. The maximum Gasteiger partial charge on any atom is 0.239 e. The third kappa shape index (κ3) is 8.91. The summed E-state index contributed by atoms with van der Waals surface area (Å²) >= 11 is 1.05. The molecule has 4 rings (SSSR count). The SMILES string of the molecule is Cc1ccc(N(C(=O)CC(=O)Sc2cc(C(C)(C)C)c(O)c(C(C)(C)C)c2)c2ccccc2)cc1/C=C\[C@@H](C)Nc1ccccc1. The molecule has 0 fully saturated rings. The number of carbonyl (C=O) groups is 2. The number of nitrogens with one attached hydrogen (secondary N) is 1. The van der Waals surface area contributed by atoms with E-state index >= 15 is 0 Å². The van der Waals surface area contributed by atoms with Gasteiger partial charge in [0.25, 0.3) is 0 Å². The Kier molecular flexibility index (Phi) is 10.8. The average Bonchev–Trinajstić information content (AvgIpc) is 2.98. The number of carbonyl (C=O) groups excluding carboxylic acids is 2. The molecule has 6 heteroatoms. The summed E-state index contributed by atoms with van der Waals surface area (Å²) in [4.78, 5) is 29.8. The fraction of sp³-hybridized carbons (Fsp3) is 0.300. The van der Waals surface area contributed by atoms with Crippen molar-refractivity contribution in [2.75, 3.05) is 10.2 Å². The molecule has 46 heavy (non-hydrogen) atoms. The van der Waals surface area contributed by atoms with E-state index in [2.05, 4.69) is 24.4 Å². The van der Waals surface area contributed by atoms with E-state index in [-0.39, 0.29) is 40.1 Å². The fourth-order valence-corrected chi connectivity index (χ4v) is 6.05. The van der Waals surface area contributed by atoms with Crippen molar-refractivity contribution >= 4 is 45.9 Å². The Hall–Kier alpha value is -4.29. The lowest BCUT2D eigenvalue weighted by Gasteiger charge is -2.28. The first kappa shape index (κ1) is 34.6. The van der Waals surface area contributed by atoms with Gasteiger partial charge in [0.05, 0.1) is 6.42 Å². The first-order chi connectivity index (χ1) is 21.6. The van der Waals surface area contributed by atoms with Gasteiger partial charge in [-0.1, -0.05) is 108 Å². The predicted octanol–water partition coefficient (Wildman–Crippen LogP) is 10.2. The minimum absolute atomic E-state index is 0.0875. The molecule has 0 heterocycles. The summed E-state index contributed by atoms with van der Waals surface area (Å²) in [7, 11) is 0. The molecule has 0 unspecified atom stereocenters. The van der Waals surface area contributed by atoms with E-state index in [1.54, 1.807) is 4.90 Å². The summed E-state index contributed by atoms with van der Waals surface area (Å²) in [5.74, 6) is -0.0509. The Balaban J connectivity index is 1.60. The Labute approximate surface area is 278 Å². The summed E-state index contributed by atoms with van der Waals surface area (Å²) in [5, 5.41) is 14.3. The molecule has 0 aliphatic rings. The van der Waals surface area contributed by atoms with Crippen LogP contribution in [0.5, 0.6) is 5.75 Å². The van der Waals surface area contributed by atoms with E-state index in [4.69, 9.17) is 0 Å². The van der Waals surface area contributed by atoms with E-state index in [1.165, 1.54) is 0 Å². The highest BCUT2D eigenvalue weighted by Gasteiger charge is 2.28. The molecule has 0 aliphatic carbocycles. The van der Waals surface area contributed by atoms with Gasteiger partial charge in [0.2, 0.25) is 11.0 Å². The van der Waals surface area contributed by atoms with Gasteiger partial charge in [-0.3, -0.25) is 14.5 Å². The van der Waals surface area contributed by atoms with Crippen LogP contribution in [-0.2, 0) is 20.4 Å². The minimum Gasteiger partial charge on any atom is -0.507 e. The molecule has 240 valence electrons. The summed E-state index contributed by atoms with van der Waals surface area (Å²) in [6.45, 7) is 16.4. The summed E-state index contributed by atoms with van der Waals surface area (Å²) in [5.41, 5.74) is 5.41. The van der Waals surface area contributed by atoms with E-state index in [0.717, 1.165) is 44.6 Å². The Bertz CT molecular complexity index is 1670. The Morgan fingerprint density at radius 3 is 1.96 bits per heavy atom. The van der Waals surface area contributed by atoms with Gasteiger partial charge in [0, 0.05) is 39.1 Å². The highest BCUT2D eigenvalue weighted by molar-refractivity contribution is 8.13. The van der Waals surface area contributed by atoms with Crippen LogP contribution in [-0.4, -0.2) is 22.2 Å². The lowest BCUT2D eigenvalue weighted by atomic mass is 9.79. The highest BCUT2D eigenvalue weighted by Crippen LogP contribution is 2.42. The van der Waals surface area contributed by atoms with Gasteiger partial charge in [-0.15, -0.1) is 0 Å². The van der Waals surface area contributed by atoms with Crippen LogP contribution in [0.2, 0.25) is 0 Å². The van der Waals surface area contributed by atoms with Crippen molar-refractivity contribution in [1.29, 1.82) is 0 Å². The molecule has 0 bridgehead atoms. The second-order valence-electron chi connectivity index (χ2n) is 13.8. The van der Waals surface area contributed by atoms with Gasteiger partial charge >= 0.3 is 0 Å². The molecule has 4 aromatic carbocycles. The van der Waals surface area contributed by atoms with Crippen LogP contribution in [0, 0.1) is 6.92 Å². The zero-order valence-electron chi connectivity index (χ0n) is 28.2. The number of nitrogens with zero attached hydrogens (tertiary/aromatic N) is 1. The number of aromatic hydroxyl groups is 1. The number of amides is 1. The van der Waals surface area contributed by atoms with Crippen LogP contribution in [0.1, 0.15) is 77.1 Å². The molecule has 1 amide bonds. The standard InChI is InChI=1S/C40H46N2O3S/c1-27-19-22-32(23-29(27)21-20-28(2)41-30-15-11-9-12-16-30)42(31-17-13-10-14-18-31)36(43)26-37(44)46-33-24-34(39(3,4)5)38(45)35(25-33)40(6,7)8/h9-25,28,41,45H,26H2,1-8H3/b21-20-/t28-/m1/s1. The number of hydrogen-bond acceptors (Lipinski definition) is 5. The number of thioether (sulfide) groups is 1. The topological polar surface area (TPSA) is 69.6 Å². The lowest BCUT2D eigenvalue weighted by Crippen LogP contribution is -2.27. The van der Waals surface area contributed by atoms with Crippen LogP contribution >= 0.6 is 11.8 Å². The van der Waals surface area contributed by atoms with Crippen LogP contribution in [0.15, 0.2) is 102 Å². The van der Waals surface area contributed by atoms with Crippen LogP contribution in [0.3, 0.4) is 0 Å².